The maximum absolute atomic E-state index is 12.7. The molecule has 0 radical (unpaired) electrons. The van der Waals surface area contributed by atoms with E-state index in [-0.39, 0.29) is 29.2 Å². The maximum Gasteiger partial charge on any atom is 0.242 e. The Balaban J connectivity index is 1.63. The second kappa shape index (κ2) is 8.06. The maximum atomic E-state index is 12.7. The van der Waals surface area contributed by atoms with E-state index in [1.165, 1.54) is 4.31 Å². The van der Waals surface area contributed by atoms with Crippen molar-refractivity contribution in [3.8, 4) is 0 Å². The highest BCUT2D eigenvalue weighted by Gasteiger charge is 2.62. The third-order valence-electron chi connectivity index (χ3n) is 5.47. The van der Waals surface area contributed by atoms with Crippen molar-refractivity contribution < 1.29 is 13.2 Å². The molecular formula is C19H25BrN4O3S. The summed E-state index contributed by atoms with van der Waals surface area (Å²) in [5.41, 5.74) is 0.562. The van der Waals surface area contributed by atoms with Gasteiger partial charge in [-0.1, -0.05) is 18.7 Å². The molecule has 2 N–H and O–H groups in total. The summed E-state index contributed by atoms with van der Waals surface area (Å²) >= 11 is 3.31. The average molecular weight is 469 g/mol. The summed E-state index contributed by atoms with van der Waals surface area (Å²) in [6.07, 6.45) is 5.15. The summed E-state index contributed by atoms with van der Waals surface area (Å²) in [6.45, 7) is 7.74. The Kier molecular flexibility index (Phi) is 6.09. The number of carbonyl (C=O) groups excluding carboxylic acids is 1. The van der Waals surface area contributed by atoms with Gasteiger partial charge in [-0.3, -0.25) is 4.79 Å². The average Bonchev–Trinajstić information content (AvgIpc) is 3.19. The molecular weight excluding hydrogens is 444 g/mol. The SMILES string of the molecule is C=CCCS(=O)(=O)N(C)CC12CC(C(=O)Nc3nc(Br)ccc3C=C)NC1C2. The van der Waals surface area contributed by atoms with Crippen molar-refractivity contribution >= 4 is 43.8 Å². The molecule has 2 heterocycles. The van der Waals surface area contributed by atoms with Crippen molar-refractivity contribution in [1.82, 2.24) is 14.6 Å². The first kappa shape index (κ1) is 21.2. The van der Waals surface area contributed by atoms with E-state index in [0.717, 1.165) is 12.0 Å². The van der Waals surface area contributed by atoms with Crippen molar-refractivity contribution in [3.63, 3.8) is 0 Å². The van der Waals surface area contributed by atoms with Gasteiger partial charge in [0, 0.05) is 30.6 Å². The number of hydrogen-bond donors (Lipinski definition) is 2. The first-order chi connectivity index (χ1) is 13.2. The highest BCUT2D eigenvalue weighted by atomic mass is 79.9. The van der Waals surface area contributed by atoms with Crippen LogP contribution < -0.4 is 10.6 Å². The number of anilines is 1. The van der Waals surface area contributed by atoms with Crippen LogP contribution in [0.15, 0.2) is 36.0 Å². The van der Waals surface area contributed by atoms with Crippen LogP contribution in [0.4, 0.5) is 5.82 Å². The van der Waals surface area contributed by atoms with Crippen molar-refractivity contribution in [1.29, 1.82) is 0 Å². The second-order valence-electron chi connectivity index (χ2n) is 7.46. The zero-order chi connectivity index (χ0) is 20.5. The van der Waals surface area contributed by atoms with E-state index in [4.69, 9.17) is 0 Å². The summed E-state index contributed by atoms with van der Waals surface area (Å²) in [4.78, 5) is 17.0. The van der Waals surface area contributed by atoms with Crippen molar-refractivity contribution in [3.05, 3.63) is 41.5 Å². The summed E-state index contributed by atoms with van der Waals surface area (Å²) < 4.78 is 26.8. The number of pyridine rings is 1. The molecule has 3 unspecified atom stereocenters. The van der Waals surface area contributed by atoms with Gasteiger partial charge in [0.2, 0.25) is 15.9 Å². The summed E-state index contributed by atoms with van der Waals surface area (Å²) in [7, 11) is -1.71. The van der Waals surface area contributed by atoms with Crippen LogP contribution in [0.2, 0.25) is 0 Å². The fourth-order valence-electron chi connectivity index (χ4n) is 3.77. The molecule has 9 heteroatoms. The smallest absolute Gasteiger partial charge is 0.242 e. The number of carbonyl (C=O) groups is 1. The molecule has 1 amide bonds. The van der Waals surface area contributed by atoms with Crippen LogP contribution in [0.1, 0.15) is 24.8 Å². The van der Waals surface area contributed by atoms with Crippen LogP contribution in [-0.4, -0.2) is 55.0 Å². The summed E-state index contributed by atoms with van der Waals surface area (Å²) in [5.74, 6) is 0.344. The Bertz CT molecular complexity index is 904. The number of piperidine rings is 1. The highest BCUT2D eigenvalue weighted by molar-refractivity contribution is 9.10. The molecule has 1 aromatic rings. The molecule has 0 aromatic carbocycles. The quantitative estimate of drug-likeness (QED) is 0.428. The first-order valence-electron chi connectivity index (χ1n) is 9.11. The number of nitrogens with zero attached hydrogens (tertiary/aromatic N) is 2. The number of aromatic nitrogens is 1. The third kappa shape index (κ3) is 4.37. The number of allylic oxidation sites excluding steroid dienone is 1. The molecule has 1 saturated heterocycles. The Labute approximate surface area is 174 Å². The van der Waals surface area contributed by atoms with Crippen molar-refractivity contribution in [2.24, 2.45) is 5.41 Å². The molecule has 3 rings (SSSR count). The standard InChI is InChI=1S/C19H25BrN4O3S/c1-4-6-9-28(26,27)24(3)12-19-10-14(21-15(19)11-19)18(25)23-17-13(5-2)7-8-16(20)22-17/h4-5,7-8,14-15,21H,1-2,6,9-12H2,3H3,(H,22,23,25). The molecule has 2 fully saturated rings. The lowest BCUT2D eigenvalue weighted by molar-refractivity contribution is -0.118. The molecule has 28 heavy (non-hydrogen) atoms. The fourth-order valence-corrected chi connectivity index (χ4v) is 5.31. The molecule has 2 aliphatic rings. The summed E-state index contributed by atoms with van der Waals surface area (Å²) in [6, 6.07) is 3.40. The minimum absolute atomic E-state index is 0.0595. The highest BCUT2D eigenvalue weighted by Crippen LogP contribution is 2.55. The Morgan fingerprint density at radius 1 is 1.46 bits per heavy atom. The van der Waals surface area contributed by atoms with E-state index >= 15 is 0 Å². The predicted molar refractivity (Wildman–Crippen MR) is 114 cm³/mol. The van der Waals surface area contributed by atoms with Gasteiger partial charge < -0.3 is 10.6 Å². The van der Waals surface area contributed by atoms with Gasteiger partial charge in [0.05, 0.1) is 11.8 Å². The molecule has 7 nitrogen and oxygen atoms in total. The number of fused-ring (bicyclic) bond motifs is 1. The van der Waals surface area contributed by atoms with E-state index < -0.39 is 10.0 Å². The molecule has 1 aromatic heterocycles. The minimum atomic E-state index is -3.31. The Morgan fingerprint density at radius 2 is 2.21 bits per heavy atom. The van der Waals surface area contributed by atoms with Gasteiger partial charge in [-0.05, 0) is 47.3 Å². The predicted octanol–water partition coefficient (Wildman–Crippen LogP) is 2.38. The van der Waals surface area contributed by atoms with Crippen LogP contribution >= 0.6 is 15.9 Å². The van der Waals surface area contributed by atoms with Gasteiger partial charge in [0.15, 0.2) is 0 Å². The number of sulfonamides is 1. The molecule has 0 spiro atoms. The van der Waals surface area contributed by atoms with Gasteiger partial charge in [0.1, 0.15) is 10.4 Å². The number of nitrogens with one attached hydrogen (secondary N) is 2. The lowest BCUT2D eigenvalue weighted by atomic mass is 9.99. The van der Waals surface area contributed by atoms with Crippen LogP contribution in [0.5, 0.6) is 0 Å². The second-order valence-corrected chi connectivity index (χ2v) is 10.5. The van der Waals surface area contributed by atoms with Crippen LogP contribution in [0.3, 0.4) is 0 Å². The molecule has 3 atom stereocenters. The van der Waals surface area contributed by atoms with E-state index in [1.807, 2.05) is 6.07 Å². The third-order valence-corrected chi connectivity index (χ3v) is 7.74. The van der Waals surface area contributed by atoms with E-state index in [0.29, 0.717) is 29.8 Å². The fraction of sp³-hybridized carbons (Fsp3) is 0.474. The Hall–Kier alpha value is -1.55. The van der Waals surface area contributed by atoms with E-state index in [2.05, 4.69) is 44.7 Å². The van der Waals surface area contributed by atoms with Crippen molar-refractivity contribution in [2.75, 3.05) is 24.7 Å². The number of rotatable bonds is 9. The zero-order valence-corrected chi connectivity index (χ0v) is 18.2. The number of halogens is 1. The lowest BCUT2D eigenvalue weighted by Crippen LogP contribution is -2.38. The molecule has 0 bridgehead atoms. The van der Waals surface area contributed by atoms with Gasteiger partial charge in [-0.2, -0.15) is 0 Å². The first-order valence-corrected chi connectivity index (χ1v) is 11.5. The van der Waals surface area contributed by atoms with Gasteiger partial charge >= 0.3 is 0 Å². The van der Waals surface area contributed by atoms with Gasteiger partial charge in [-0.25, -0.2) is 17.7 Å². The van der Waals surface area contributed by atoms with Gasteiger partial charge in [-0.15, -0.1) is 6.58 Å². The van der Waals surface area contributed by atoms with Crippen molar-refractivity contribution in [2.45, 2.75) is 31.3 Å². The van der Waals surface area contributed by atoms with Crippen LogP contribution in [0, 0.1) is 5.41 Å². The minimum Gasteiger partial charge on any atom is -0.309 e. The van der Waals surface area contributed by atoms with E-state index in [9.17, 15) is 13.2 Å². The van der Waals surface area contributed by atoms with E-state index in [1.54, 1.807) is 25.3 Å². The number of hydrogen-bond acceptors (Lipinski definition) is 5. The topological polar surface area (TPSA) is 91.4 Å². The van der Waals surface area contributed by atoms with Crippen LogP contribution in [-0.2, 0) is 14.8 Å². The van der Waals surface area contributed by atoms with Gasteiger partial charge in [0.25, 0.3) is 0 Å². The molecule has 1 aliphatic carbocycles. The number of amides is 1. The molecule has 152 valence electrons. The van der Waals surface area contributed by atoms with Crippen LogP contribution in [0.25, 0.3) is 6.08 Å². The molecule has 1 aliphatic heterocycles. The Morgan fingerprint density at radius 3 is 2.89 bits per heavy atom. The normalized spacial score (nSPS) is 26.0. The molecule has 1 saturated carbocycles. The zero-order valence-electron chi connectivity index (χ0n) is 15.8. The summed E-state index contributed by atoms with van der Waals surface area (Å²) in [5, 5.41) is 6.18. The lowest BCUT2D eigenvalue weighted by Gasteiger charge is -2.22. The monoisotopic (exact) mass is 468 g/mol. The largest absolute Gasteiger partial charge is 0.309 e.